The van der Waals surface area contributed by atoms with E-state index in [2.05, 4.69) is 4.79 Å². The minimum atomic E-state index is 0.0914. The summed E-state index contributed by atoms with van der Waals surface area (Å²) in [4.78, 5) is 2.93. The van der Waals surface area contributed by atoms with Crippen molar-refractivity contribution in [2.75, 3.05) is 0 Å². The summed E-state index contributed by atoms with van der Waals surface area (Å²) < 4.78 is 0. The fourth-order valence-electron chi connectivity index (χ4n) is 0.957. The molecule has 0 atom stereocenters. The fraction of sp³-hybridized carbons (Fsp3) is 0.500. The van der Waals surface area contributed by atoms with Crippen molar-refractivity contribution in [3.8, 4) is 0 Å². The number of nitrogens with zero attached hydrogens (tertiary/aromatic N) is 2. The normalized spacial score (nSPS) is 19.0. The van der Waals surface area contributed by atoms with Crippen molar-refractivity contribution in [3.05, 3.63) is 5.53 Å². The largest absolute Gasteiger partial charge is 0.361 e. The minimum Gasteiger partial charge on any atom is -0.361 e. The zero-order valence-corrected chi connectivity index (χ0v) is 5.52. The predicted octanol–water partition coefficient (Wildman–Crippen LogP) is 0.881. The predicted molar refractivity (Wildman–Crippen MR) is 37.9 cm³/mol. The van der Waals surface area contributed by atoms with Crippen molar-refractivity contribution in [2.45, 2.75) is 19.3 Å². The number of hydrogen-bond donors (Lipinski definition) is 2. The molecule has 0 aromatic rings. The van der Waals surface area contributed by atoms with Gasteiger partial charge in [-0.15, -0.1) is 0 Å². The molecule has 0 saturated heterocycles. The summed E-state index contributed by atoms with van der Waals surface area (Å²) in [5.41, 5.74) is 9.04. The lowest BCUT2D eigenvalue weighted by Gasteiger charge is -2.06. The van der Waals surface area contributed by atoms with Gasteiger partial charge >= 0.3 is 5.71 Å². The zero-order chi connectivity index (χ0) is 7.56. The molecule has 0 unspecified atom stereocenters. The summed E-state index contributed by atoms with van der Waals surface area (Å²) in [5.74, 6) is 0. The van der Waals surface area contributed by atoms with Gasteiger partial charge in [-0.1, -0.05) is 0 Å². The molecule has 0 radical (unpaired) electrons. The van der Waals surface area contributed by atoms with Crippen LogP contribution < -0.4 is 0 Å². The molecule has 0 heterocycles. The molecule has 1 fully saturated rings. The van der Waals surface area contributed by atoms with Crippen molar-refractivity contribution in [2.24, 2.45) is 0 Å². The smallest absolute Gasteiger partial charge is 0.318 e. The lowest BCUT2D eigenvalue weighted by atomic mass is 9.95. The standard InChI is InChI=1S/C6H8N4/c7-4-2-1-3-5(10-9)6(4)8/h7-8H,1-3H2. The maximum atomic E-state index is 8.33. The summed E-state index contributed by atoms with van der Waals surface area (Å²) >= 11 is 0. The molecule has 1 aliphatic carbocycles. The second-order valence-corrected chi connectivity index (χ2v) is 2.25. The van der Waals surface area contributed by atoms with E-state index in [0.29, 0.717) is 18.6 Å². The van der Waals surface area contributed by atoms with Gasteiger partial charge in [-0.05, 0) is 12.8 Å². The van der Waals surface area contributed by atoms with Crippen LogP contribution in [0.5, 0.6) is 0 Å². The van der Waals surface area contributed by atoms with Crippen LogP contribution in [0.1, 0.15) is 19.3 Å². The van der Waals surface area contributed by atoms with Crippen LogP contribution in [-0.2, 0) is 0 Å². The lowest BCUT2D eigenvalue weighted by Crippen LogP contribution is -2.27. The molecule has 0 bridgehead atoms. The van der Waals surface area contributed by atoms with Crippen molar-refractivity contribution >= 4 is 17.1 Å². The third-order valence-corrected chi connectivity index (χ3v) is 1.55. The van der Waals surface area contributed by atoms with Crippen molar-refractivity contribution < 1.29 is 4.79 Å². The number of rotatable bonds is 0. The number of nitrogens with one attached hydrogen (secondary N) is 2. The van der Waals surface area contributed by atoms with Crippen LogP contribution in [-0.4, -0.2) is 21.9 Å². The minimum absolute atomic E-state index is 0.0914. The molecule has 0 aromatic heterocycles. The molecule has 52 valence electrons. The molecule has 0 aliphatic heterocycles. The van der Waals surface area contributed by atoms with Crippen LogP contribution in [0.25, 0.3) is 5.53 Å². The molecule has 4 nitrogen and oxygen atoms in total. The molecule has 0 aromatic carbocycles. The topological polar surface area (TPSA) is 84.1 Å². The Balaban J connectivity index is 2.89. The molecule has 0 amide bonds. The first-order valence-corrected chi connectivity index (χ1v) is 3.13. The summed E-state index contributed by atoms with van der Waals surface area (Å²) in [6.45, 7) is 0. The Hall–Kier alpha value is -1.28. The second kappa shape index (κ2) is 2.54. The van der Waals surface area contributed by atoms with E-state index < -0.39 is 0 Å². The van der Waals surface area contributed by atoms with Crippen molar-refractivity contribution in [1.82, 2.24) is 0 Å². The highest BCUT2D eigenvalue weighted by molar-refractivity contribution is 6.66. The van der Waals surface area contributed by atoms with E-state index >= 15 is 0 Å². The lowest BCUT2D eigenvalue weighted by molar-refractivity contribution is -0.00471. The molecule has 0 spiro atoms. The van der Waals surface area contributed by atoms with Gasteiger partial charge in [-0.3, -0.25) is 5.41 Å². The maximum Gasteiger partial charge on any atom is 0.318 e. The van der Waals surface area contributed by atoms with Crippen molar-refractivity contribution in [3.63, 3.8) is 0 Å². The Labute approximate surface area is 58.5 Å². The Morgan fingerprint density at radius 3 is 2.50 bits per heavy atom. The summed E-state index contributed by atoms with van der Waals surface area (Å²) in [6.07, 6.45) is 2.08. The Kier molecular flexibility index (Phi) is 1.73. The van der Waals surface area contributed by atoms with Gasteiger partial charge in [0, 0.05) is 0 Å². The van der Waals surface area contributed by atoms with E-state index in [9.17, 15) is 0 Å². The van der Waals surface area contributed by atoms with Gasteiger partial charge in [0.1, 0.15) is 0 Å². The maximum absolute atomic E-state index is 8.33. The van der Waals surface area contributed by atoms with Gasteiger partial charge in [0.25, 0.3) is 0 Å². The van der Waals surface area contributed by atoms with Gasteiger partial charge in [-0.2, -0.15) is 4.79 Å². The first-order chi connectivity index (χ1) is 4.75. The van der Waals surface area contributed by atoms with Gasteiger partial charge < -0.3 is 10.9 Å². The van der Waals surface area contributed by atoms with Gasteiger partial charge in [0.05, 0.1) is 12.1 Å². The third-order valence-electron chi connectivity index (χ3n) is 1.55. The molecule has 2 N–H and O–H groups in total. The zero-order valence-electron chi connectivity index (χ0n) is 5.52. The van der Waals surface area contributed by atoms with Crippen LogP contribution >= 0.6 is 0 Å². The average molecular weight is 136 g/mol. The third kappa shape index (κ3) is 1.01. The quantitative estimate of drug-likeness (QED) is 0.366. The van der Waals surface area contributed by atoms with Crippen LogP contribution in [0.4, 0.5) is 0 Å². The van der Waals surface area contributed by atoms with Gasteiger partial charge in [-0.25, -0.2) is 0 Å². The summed E-state index contributed by atoms with van der Waals surface area (Å²) in [5, 5.41) is 14.4. The highest BCUT2D eigenvalue weighted by Crippen LogP contribution is 2.07. The molecular formula is C6H8N4. The summed E-state index contributed by atoms with van der Waals surface area (Å²) in [6, 6.07) is 0. The first kappa shape index (κ1) is 6.83. The average Bonchev–Trinajstić information content (AvgIpc) is 1.95. The van der Waals surface area contributed by atoms with E-state index in [1.54, 1.807) is 0 Å². The van der Waals surface area contributed by atoms with Crippen LogP contribution in [0.3, 0.4) is 0 Å². The van der Waals surface area contributed by atoms with E-state index in [-0.39, 0.29) is 11.4 Å². The molecule has 4 heteroatoms. The van der Waals surface area contributed by atoms with E-state index in [1.807, 2.05) is 0 Å². The molecule has 10 heavy (non-hydrogen) atoms. The van der Waals surface area contributed by atoms with E-state index in [4.69, 9.17) is 16.3 Å². The first-order valence-electron chi connectivity index (χ1n) is 3.13. The number of hydrogen-bond acceptors (Lipinski definition) is 2. The second-order valence-electron chi connectivity index (χ2n) is 2.25. The highest BCUT2D eigenvalue weighted by atomic mass is 14.9. The van der Waals surface area contributed by atoms with Crippen LogP contribution in [0, 0.1) is 10.8 Å². The molecule has 1 saturated carbocycles. The van der Waals surface area contributed by atoms with Crippen LogP contribution in [0.2, 0.25) is 0 Å². The fourth-order valence-corrected chi connectivity index (χ4v) is 0.957. The van der Waals surface area contributed by atoms with E-state index in [1.165, 1.54) is 0 Å². The SMILES string of the molecule is [N-]=[N+]=C1CCCC(=N)C1=N. The van der Waals surface area contributed by atoms with Crippen molar-refractivity contribution in [1.29, 1.82) is 10.8 Å². The summed E-state index contributed by atoms with van der Waals surface area (Å²) in [7, 11) is 0. The molecule has 1 rings (SSSR count). The monoisotopic (exact) mass is 136 g/mol. The Bertz CT molecular complexity index is 234. The van der Waals surface area contributed by atoms with E-state index in [0.717, 1.165) is 6.42 Å². The Morgan fingerprint density at radius 1 is 1.30 bits per heavy atom. The molecular weight excluding hydrogens is 128 g/mol. The molecule has 1 aliphatic rings. The van der Waals surface area contributed by atoms with Gasteiger partial charge in [0.15, 0.2) is 5.71 Å². The van der Waals surface area contributed by atoms with Gasteiger partial charge in [0.2, 0.25) is 0 Å². The highest BCUT2D eigenvalue weighted by Gasteiger charge is 2.24. The van der Waals surface area contributed by atoms with Crippen LogP contribution in [0.15, 0.2) is 0 Å². The Morgan fingerprint density at radius 2 is 2.00 bits per heavy atom.